The molecule has 3 rings (SSSR count). The quantitative estimate of drug-likeness (QED) is 0.866. The average Bonchev–Trinajstić information content (AvgIpc) is 2.87. The zero-order valence-corrected chi connectivity index (χ0v) is 13.6. The van der Waals surface area contributed by atoms with Crippen molar-refractivity contribution in [2.24, 2.45) is 0 Å². The second-order valence-electron chi connectivity index (χ2n) is 5.70. The van der Waals surface area contributed by atoms with E-state index < -0.39 is 10.0 Å². The van der Waals surface area contributed by atoms with Crippen molar-refractivity contribution in [3.8, 4) is 0 Å². The highest BCUT2D eigenvalue weighted by molar-refractivity contribution is 7.89. The van der Waals surface area contributed by atoms with Gasteiger partial charge in [0.25, 0.3) is 0 Å². The summed E-state index contributed by atoms with van der Waals surface area (Å²) in [5, 5.41) is 4.52. The molecule has 0 spiro atoms. The van der Waals surface area contributed by atoms with Gasteiger partial charge in [0.1, 0.15) is 4.90 Å². The van der Waals surface area contributed by atoms with E-state index in [0.29, 0.717) is 13.1 Å². The van der Waals surface area contributed by atoms with E-state index in [2.05, 4.69) is 16.1 Å². The van der Waals surface area contributed by atoms with E-state index in [1.807, 2.05) is 18.5 Å². The minimum absolute atomic E-state index is 0.263. The van der Waals surface area contributed by atoms with Gasteiger partial charge in [0.2, 0.25) is 10.0 Å². The Bertz CT molecular complexity index is 747. The molecule has 0 aliphatic carbocycles. The van der Waals surface area contributed by atoms with Crippen molar-refractivity contribution in [2.75, 3.05) is 13.1 Å². The second-order valence-corrected chi connectivity index (χ2v) is 7.63. The fraction of sp³-hybridized carbons (Fsp3) is 0.467. The summed E-state index contributed by atoms with van der Waals surface area (Å²) >= 11 is 0. The molecule has 1 saturated heterocycles. The molecule has 0 unspecified atom stereocenters. The van der Waals surface area contributed by atoms with Crippen LogP contribution < -0.4 is 0 Å². The Morgan fingerprint density at radius 2 is 1.95 bits per heavy atom. The first-order chi connectivity index (χ1) is 10.5. The fourth-order valence-corrected chi connectivity index (χ4v) is 4.43. The number of hydrogen-bond donors (Lipinski definition) is 0. The molecule has 2 aromatic heterocycles. The third-order valence-electron chi connectivity index (χ3n) is 4.09. The van der Waals surface area contributed by atoms with Gasteiger partial charge in [0.05, 0.1) is 11.7 Å². The van der Waals surface area contributed by atoms with E-state index in [-0.39, 0.29) is 10.9 Å². The molecule has 1 aliphatic rings. The summed E-state index contributed by atoms with van der Waals surface area (Å²) in [5.41, 5.74) is 2.13. The highest BCUT2D eigenvalue weighted by Gasteiger charge is 2.30. The van der Waals surface area contributed by atoms with Crippen LogP contribution >= 0.6 is 0 Å². The van der Waals surface area contributed by atoms with Gasteiger partial charge in [-0.15, -0.1) is 0 Å². The standard InChI is InChI=1S/C15H20N4O2S/c1-12-10-13(2)19(17-12)14-5-8-18(9-6-14)22(20,21)15-4-3-7-16-11-15/h3-4,7,10-11,14H,5-6,8-9H2,1-2H3. The Balaban J connectivity index is 1.73. The van der Waals surface area contributed by atoms with Crippen LogP contribution in [-0.2, 0) is 10.0 Å². The molecule has 6 nitrogen and oxygen atoms in total. The van der Waals surface area contributed by atoms with Crippen molar-refractivity contribution < 1.29 is 8.42 Å². The van der Waals surface area contributed by atoms with Crippen LogP contribution in [0.4, 0.5) is 0 Å². The lowest BCUT2D eigenvalue weighted by Crippen LogP contribution is -2.39. The number of aromatic nitrogens is 3. The average molecular weight is 320 g/mol. The second kappa shape index (κ2) is 5.81. The number of nitrogens with zero attached hydrogens (tertiary/aromatic N) is 4. The van der Waals surface area contributed by atoms with Crippen LogP contribution in [0.5, 0.6) is 0 Å². The molecule has 0 radical (unpaired) electrons. The van der Waals surface area contributed by atoms with Gasteiger partial charge in [0.15, 0.2) is 0 Å². The molecular weight excluding hydrogens is 300 g/mol. The van der Waals surface area contributed by atoms with Crippen LogP contribution in [0.3, 0.4) is 0 Å². The molecule has 7 heteroatoms. The van der Waals surface area contributed by atoms with E-state index in [0.717, 1.165) is 24.2 Å². The van der Waals surface area contributed by atoms with Crippen molar-refractivity contribution in [3.63, 3.8) is 0 Å². The van der Waals surface area contributed by atoms with Gasteiger partial charge < -0.3 is 0 Å². The first-order valence-corrected chi connectivity index (χ1v) is 8.85. The summed E-state index contributed by atoms with van der Waals surface area (Å²) in [6, 6.07) is 5.57. The SMILES string of the molecule is Cc1cc(C)n(C2CCN(S(=O)(=O)c3cccnc3)CC2)n1. The first-order valence-electron chi connectivity index (χ1n) is 7.41. The smallest absolute Gasteiger partial charge is 0.244 e. The van der Waals surface area contributed by atoms with E-state index in [1.165, 1.54) is 6.20 Å². The Hall–Kier alpha value is -1.73. The van der Waals surface area contributed by atoms with Crippen LogP contribution in [0, 0.1) is 13.8 Å². The largest absolute Gasteiger partial charge is 0.266 e. The maximum Gasteiger partial charge on any atom is 0.244 e. The Morgan fingerprint density at radius 3 is 2.50 bits per heavy atom. The van der Waals surface area contributed by atoms with Crippen molar-refractivity contribution in [2.45, 2.75) is 37.6 Å². The van der Waals surface area contributed by atoms with Crippen LogP contribution in [0.15, 0.2) is 35.5 Å². The van der Waals surface area contributed by atoms with E-state index >= 15 is 0 Å². The molecule has 0 N–H and O–H groups in total. The summed E-state index contributed by atoms with van der Waals surface area (Å²) in [6.07, 6.45) is 4.54. The molecule has 0 saturated carbocycles. The monoisotopic (exact) mass is 320 g/mol. The predicted molar refractivity (Wildman–Crippen MR) is 83.0 cm³/mol. The van der Waals surface area contributed by atoms with Crippen LogP contribution in [0.2, 0.25) is 0 Å². The lowest BCUT2D eigenvalue weighted by molar-refractivity contribution is 0.258. The topological polar surface area (TPSA) is 68.1 Å². The van der Waals surface area contributed by atoms with Crippen molar-refractivity contribution in [3.05, 3.63) is 42.0 Å². The third kappa shape index (κ3) is 2.78. The molecule has 1 fully saturated rings. The van der Waals surface area contributed by atoms with E-state index in [4.69, 9.17) is 0 Å². The van der Waals surface area contributed by atoms with Crippen molar-refractivity contribution in [1.82, 2.24) is 19.1 Å². The van der Waals surface area contributed by atoms with Gasteiger partial charge in [-0.25, -0.2) is 8.42 Å². The molecule has 0 aromatic carbocycles. The van der Waals surface area contributed by atoms with Crippen LogP contribution in [-0.4, -0.2) is 40.6 Å². The minimum Gasteiger partial charge on any atom is -0.266 e. The normalized spacial score (nSPS) is 17.7. The third-order valence-corrected chi connectivity index (χ3v) is 5.97. The van der Waals surface area contributed by atoms with Crippen molar-refractivity contribution in [1.29, 1.82) is 0 Å². The zero-order valence-electron chi connectivity index (χ0n) is 12.8. The summed E-state index contributed by atoms with van der Waals surface area (Å²) in [6.45, 7) is 5.05. The zero-order chi connectivity index (χ0) is 15.7. The van der Waals surface area contributed by atoms with Gasteiger partial charge in [-0.2, -0.15) is 9.40 Å². The molecule has 22 heavy (non-hydrogen) atoms. The number of pyridine rings is 1. The summed E-state index contributed by atoms with van der Waals surface area (Å²) in [5.74, 6) is 0. The maximum atomic E-state index is 12.6. The fourth-order valence-electron chi connectivity index (χ4n) is 2.99. The lowest BCUT2D eigenvalue weighted by Gasteiger charge is -2.31. The Kier molecular flexibility index (Phi) is 4.01. The van der Waals surface area contributed by atoms with Gasteiger partial charge >= 0.3 is 0 Å². The minimum atomic E-state index is -3.43. The first kappa shape index (κ1) is 15.2. The number of piperidine rings is 1. The lowest BCUT2D eigenvalue weighted by atomic mass is 10.1. The van der Waals surface area contributed by atoms with Gasteiger partial charge in [0, 0.05) is 31.2 Å². The molecule has 118 valence electrons. The van der Waals surface area contributed by atoms with E-state index in [1.54, 1.807) is 22.6 Å². The Morgan fingerprint density at radius 1 is 1.23 bits per heavy atom. The molecule has 1 aliphatic heterocycles. The van der Waals surface area contributed by atoms with Crippen LogP contribution in [0.25, 0.3) is 0 Å². The van der Waals surface area contributed by atoms with Gasteiger partial charge in [-0.05, 0) is 44.9 Å². The summed E-state index contributed by atoms with van der Waals surface area (Å²) < 4.78 is 28.7. The number of hydrogen-bond acceptors (Lipinski definition) is 4. The molecule has 0 amide bonds. The summed E-state index contributed by atoms with van der Waals surface area (Å²) in [4.78, 5) is 4.17. The molecular formula is C15H20N4O2S. The highest BCUT2D eigenvalue weighted by atomic mass is 32.2. The van der Waals surface area contributed by atoms with E-state index in [9.17, 15) is 8.42 Å². The number of rotatable bonds is 3. The van der Waals surface area contributed by atoms with Crippen molar-refractivity contribution >= 4 is 10.0 Å². The van der Waals surface area contributed by atoms with Gasteiger partial charge in [-0.1, -0.05) is 0 Å². The molecule has 2 aromatic rings. The predicted octanol–water partition coefficient (Wildman–Crippen LogP) is 1.92. The summed E-state index contributed by atoms with van der Waals surface area (Å²) in [7, 11) is -3.43. The Labute approximate surface area is 130 Å². The molecule has 0 atom stereocenters. The van der Waals surface area contributed by atoms with Gasteiger partial charge in [-0.3, -0.25) is 9.67 Å². The highest BCUT2D eigenvalue weighted by Crippen LogP contribution is 2.27. The number of sulfonamides is 1. The van der Waals surface area contributed by atoms with Crippen LogP contribution in [0.1, 0.15) is 30.3 Å². The maximum absolute atomic E-state index is 12.6. The number of aryl methyl sites for hydroxylation is 2. The molecule has 3 heterocycles. The molecule has 0 bridgehead atoms.